The van der Waals surface area contributed by atoms with Crippen LogP contribution in [0.25, 0.3) is 142 Å². The van der Waals surface area contributed by atoms with Crippen molar-refractivity contribution >= 4 is 86.2 Å². The second kappa shape index (κ2) is 13.6. The highest BCUT2D eigenvalue weighted by atomic mass is 14.2. The highest BCUT2D eigenvalue weighted by Crippen LogP contribution is 2.47. The molecule has 0 aromatic heterocycles. The van der Waals surface area contributed by atoms with E-state index in [1.165, 1.54) is 142 Å². The standard InChI is InChI=1S/C64H38/c1-2-10-39(11-3-1)46-17-8-18-48(34-46)52-20-9-21-53-58(52)37-50(38-60(53)55-31-27-45-25-23-41-14-7-16-43-29-33-57(55)64(45)62(41)43)49-35-47-12-4-5-19-51(47)59(36-49)54-30-26-44-24-22-40-13-6-15-42-28-32-56(54)63(44)61(40)42/h1-38H. The van der Waals surface area contributed by atoms with Gasteiger partial charge < -0.3 is 0 Å². The maximum atomic E-state index is 2.47. The first-order valence-electron chi connectivity index (χ1n) is 22.3. The fourth-order valence-electron chi connectivity index (χ4n) is 11.2. The second-order valence-electron chi connectivity index (χ2n) is 17.6. The number of hydrogen-bond donors (Lipinski definition) is 0. The topological polar surface area (TPSA) is 0 Å². The zero-order valence-corrected chi connectivity index (χ0v) is 34.9. The lowest BCUT2D eigenvalue weighted by molar-refractivity contribution is 1.60. The summed E-state index contributed by atoms with van der Waals surface area (Å²) in [4.78, 5) is 0. The van der Waals surface area contributed by atoms with Crippen molar-refractivity contribution in [2.24, 2.45) is 0 Å². The van der Waals surface area contributed by atoms with E-state index in [1.54, 1.807) is 0 Å². The van der Waals surface area contributed by atoms with Crippen LogP contribution in [0.3, 0.4) is 0 Å². The maximum Gasteiger partial charge on any atom is -0.00206 e. The third-order valence-electron chi connectivity index (χ3n) is 14.1. The Hall–Kier alpha value is -8.32. The minimum absolute atomic E-state index is 1.20. The van der Waals surface area contributed by atoms with Crippen molar-refractivity contribution in [1.29, 1.82) is 0 Å². The van der Waals surface area contributed by atoms with Crippen molar-refractivity contribution < 1.29 is 0 Å². The Kier molecular flexibility index (Phi) is 7.49. The molecule has 0 heteroatoms. The molecule has 64 heavy (non-hydrogen) atoms. The average Bonchev–Trinajstić information content (AvgIpc) is 3.36. The van der Waals surface area contributed by atoms with E-state index in [4.69, 9.17) is 0 Å². The summed E-state index contributed by atoms with van der Waals surface area (Å²) < 4.78 is 0. The van der Waals surface area contributed by atoms with Gasteiger partial charge in [-0.25, -0.2) is 0 Å². The molecule has 0 fully saturated rings. The number of fused-ring (bicyclic) bond motifs is 2. The van der Waals surface area contributed by atoms with Gasteiger partial charge in [0.15, 0.2) is 0 Å². The Morgan fingerprint density at radius 3 is 1.27 bits per heavy atom. The van der Waals surface area contributed by atoms with Crippen LogP contribution in [0, 0.1) is 0 Å². The predicted octanol–water partition coefficient (Wildman–Crippen LogP) is 18.1. The van der Waals surface area contributed by atoms with E-state index in [9.17, 15) is 0 Å². The molecule has 0 bridgehead atoms. The van der Waals surface area contributed by atoms with Crippen molar-refractivity contribution in [3.8, 4) is 55.6 Å². The lowest BCUT2D eigenvalue weighted by Gasteiger charge is -2.19. The van der Waals surface area contributed by atoms with E-state index in [2.05, 4.69) is 231 Å². The van der Waals surface area contributed by atoms with Crippen LogP contribution in [-0.4, -0.2) is 0 Å². The van der Waals surface area contributed by atoms with E-state index in [0.29, 0.717) is 0 Å². The summed E-state index contributed by atoms with van der Waals surface area (Å²) >= 11 is 0. The fraction of sp³-hybridized carbons (Fsp3) is 0. The molecule has 0 radical (unpaired) electrons. The fourth-order valence-corrected chi connectivity index (χ4v) is 11.2. The average molecular weight is 807 g/mol. The van der Waals surface area contributed by atoms with Crippen LogP contribution in [0.1, 0.15) is 0 Å². The van der Waals surface area contributed by atoms with Crippen molar-refractivity contribution in [3.05, 3.63) is 231 Å². The van der Waals surface area contributed by atoms with Gasteiger partial charge in [-0.15, -0.1) is 0 Å². The zero-order valence-electron chi connectivity index (χ0n) is 34.9. The molecule has 0 aliphatic carbocycles. The number of benzene rings is 14. The first-order valence-corrected chi connectivity index (χ1v) is 22.3. The highest BCUT2D eigenvalue weighted by Gasteiger charge is 2.20. The molecule has 294 valence electrons. The van der Waals surface area contributed by atoms with Gasteiger partial charge in [0.05, 0.1) is 0 Å². The molecule has 0 N–H and O–H groups in total. The molecule has 0 heterocycles. The van der Waals surface area contributed by atoms with E-state index < -0.39 is 0 Å². The summed E-state index contributed by atoms with van der Waals surface area (Å²) in [6.45, 7) is 0. The molecule has 14 aromatic carbocycles. The minimum atomic E-state index is 1.20. The van der Waals surface area contributed by atoms with Crippen LogP contribution in [0.5, 0.6) is 0 Å². The van der Waals surface area contributed by atoms with Gasteiger partial charge in [-0.05, 0) is 172 Å². The van der Waals surface area contributed by atoms with Gasteiger partial charge in [-0.3, -0.25) is 0 Å². The largest absolute Gasteiger partial charge is 0.0622 e. The molecule has 0 unspecified atom stereocenters. The quantitative estimate of drug-likeness (QED) is 0.152. The van der Waals surface area contributed by atoms with Crippen LogP contribution >= 0.6 is 0 Å². The van der Waals surface area contributed by atoms with E-state index in [-0.39, 0.29) is 0 Å². The summed E-state index contributed by atoms with van der Waals surface area (Å²) in [5.74, 6) is 0. The Morgan fingerprint density at radius 1 is 0.156 bits per heavy atom. The van der Waals surface area contributed by atoms with Crippen LogP contribution in [0.15, 0.2) is 231 Å². The Balaban J connectivity index is 1.06. The molecule has 0 spiro atoms. The van der Waals surface area contributed by atoms with Crippen molar-refractivity contribution in [1.82, 2.24) is 0 Å². The lowest BCUT2D eigenvalue weighted by Crippen LogP contribution is -1.92. The third kappa shape index (κ3) is 5.24. The van der Waals surface area contributed by atoms with Gasteiger partial charge in [0.1, 0.15) is 0 Å². The summed E-state index contributed by atoms with van der Waals surface area (Å²) in [7, 11) is 0. The minimum Gasteiger partial charge on any atom is -0.0622 e. The second-order valence-corrected chi connectivity index (χ2v) is 17.6. The smallest absolute Gasteiger partial charge is 0.00206 e. The summed E-state index contributed by atoms with van der Waals surface area (Å²) in [5.41, 5.74) is 12.3. The first kappa shape index (κ1) is 35.3. The normalized spacial score (nSPS) is 12.1. The van der Waals surface area contributed by atoms with Gasteiger partial charge in [0.25, 0.3) is 0 Å². The molecule has 0 saturated carbocycles. The Bertz CT molecular complexity index is 4140. The number of rotatable bonds is 5. The maximum absolute atomic E-state index is 2.47. The lowest BCUT2D eigenvalue weighted by atomic mass is 9.84. The third-order valence-corrected chi connectivity index (χ3v) is 14.1. The zero-order chi connectivity index (χ0) is 41.9. The van der Waals surface area contributed by atoms with Gasteiger partial charge >= 0.3 is 0 Å². The Morgan fingerprint density at radius 2 is 0.609 bits per heavy atom. The van der Waals surface area contributed by atoms with Gasteiger partial charge in [-0.2, -0.15) is 0 Å². The summed E-state index contributed by atoms with van der Waals surface area (Å²) in [6.07, 6.45) is 0. The van der Waals surface area contributed by atoms with E-state index in [1.807, 2.05) is 0 Å². The van der Waals surface area contributed by atoms with Crippen molar-refractivity contribution in [3.63, 3.8) is 0 Å². The monoisotopic (exact) mass is 806 g/mol. The SMILES string of the molecule is c1ccc(-c2cccc(-c3cccc4c(-c5ccc6ccc7cccc8ccc5c6c78)cc(-c5cc(-c6ccc7ccc8cccc9ccc6c7c89)c6ccccc6c5)cc34)c2)cc1. The summed E-state index contributed by atoms with van der Waals surface area (Å²) in [6, 6.07) is 86.5. The van der Waals surface area contributed by atoms with Gasteiger partial charge in [0.2, 0.25) is 0 Å². The van der Waals surface area contributed by atoms with Crippen molar-refractivity contribution in [2.45, 2.75) is 0 Å². The Labute approximate surface area is 370 Å². The molecule has 0 amide bonds. The van der Waals surface area contributed by atoms with Crippen LogP contribution in [-0.2, 0) is 0 Å². The summed E-state index contributed by atoms with van der Waals surface area (Å²) in [5, 5.41) is 20.6. The van der Waals surface area contributed by atoms with Crippen molar-refractivity contribution in [2.75, 3.05) is 0 Å². The number of hydrogen-bond acceptors (Lipinski definition) is 0. The molecule has 14 aromatic rings. The molecule has 14 rings (SSSR count). The molecular formula is C64H38. The van der Waals surface area contributed by atoms with E-state index >= 15 is 0 Å². The highest BCUT2D eigenvalue weighted by molar-refractivity contribution is 6.28. The van der Waals surface area contributed by atoms with Gasteiger partial charge in [0, 0.05) is 0 Å². The molecule has 0 saturated heterocycles. The predicted molar refractivity (Wildman–Crippen MR) is 276 cm³/mol. The molecule has 0 aliphatic heterocycles. The van der Waals surface area contributed by atoms with Crippen LogP contribution in [0.4, 0.5) is 0 Å². The molecule has 0 atom stereocenters. The van der Waals surface area contributed by atoms with Crippen LogP contribution in [0.2, 0.25) is 0 Å². The van der Waals surface area contributed by atoms with Gasteiger partial charge in [-0.1, -0.05) is 200 Å². The molecule has 0 nitrogen and oxygen atoms in total. The molecular weight excluding hydrogens is 769 g/mol. The molecule has 0 aliphatic rings. The first-order chi connectivity index (χ1) is 31.7. The van der Waals surface area contributed by atoms with E-state index in [0.717, 1.165) is 0 Å². The van der Waals surface area contributed by atoms with Crippen LogP contribution < -0.4 is 0 Å².